The minimum atomic E-state index is 0.610. The fraction of sp³-hybridized carbons (Fsp3) is 0.250. The Kier molecular flexibility index (Phi) is 5.76. The van der Waals surface area contributed by atoms with Crippen LogP contribution in [0.1, 0.15) is 11.1 Å². The topological polar surface area (TPSA) is 57.5 Å². The van der Waals surface area contributed by atoms with E-state index in [0.717, 1.165) is 17.8 Å². The van der Waals surface area contributed by atoms with Gasteiger partial charge in [-0.1, -0.05) is 18.2 Å². The third-order valence-corrected chi connectivity index (χ3v) is 4.17. The number of hydrogen-bond acceptors (Lipinski definition) is 5. The molecule has 3 rings (SSSR count). The summed E-state index contributed by atoms with van der Waals surface area (Å²) in [6, 6.07) is 12.2. The first-order chi connectivity index (χ1) is 12.8. The van der Waals surface area contributed by atoms with Crippen LogP contribution in [0.3, 0.4) is 0 Å². The molecule has 2 aromatic carbocycles. The molecule has 26 heavy (non-hydrogen) atoms. The first-order valence-corrected chi connectivity index (χ1v) is 8.32. The molecule has 0 atom stereocenters. The smallest absolute Gasteiger partial charge is 0.203 e. The Labute approximate surface area is 153 Å². The average Bonchev–Trinajstić information content (AvgIpc) is 3.22. The van der Waals surface area contributed by atoms with E-state index in [1.54, 1.807) is 33.9 Å². The molecular weight excluding hydrogens is 330 g/mol. The molecule has 0 aliphatic heterocycles. The van der Waals surface area contributed by atoms with Gasteiger partial charge in [0.2, 0.25) is 5.75 Å². The molecule has 6 nitrogen and oxygen atoms in total. The minimum absolute atomic E-state index is 0.610. The van der Waals surface area contributed by atoms with E-state index in [0.29, 0.717) is 23.8 Å². The number of nitrogens with zero attached hydrogens (tertiary/aromatic N) is 2. The average molecular weight is 353 g/mol. The van der Waals surface area contributed by atoms with Gasteiger partial charge in [-0.05, 0) is 23.8 Å². The van der Waals surface area contributed by atoms with E-state index in [1.165, 1.54) is 5.56 Å². The molecular formula is C20H23N3O3. The minimum Gasteiger partial charge on any atom is -0.493 e. The Balaban J connectivity index is 1.64. The molecule has 0 aliphatic rings. The van der Waals surface area contributed by atoms with Gasteiger partial charge in [0.05, 0.1) is 27.7 Å². The van der Waals surface area contributed by atoms with Crippen molar-refractivity contribution in [1.82, 2.24) is 14.9 Å². The number of rotatable bonds is 8. The highest BCUT2D eigenvalue weighted by atomic mass is 16.5. The van der Waals surface area contributed by atoms with E-state index < -0.39 is 0 Å². The van der Waals surface area contributed by atoms with Gasteiger partial charge in [0, 0.05) is 36.7 Å². The van der Waals surface area contributed by atoms with Crippen LogP contribution in [0.4, 0.5) is 0 Å². The lowest BCUT2D eigenvalue weighted by atomic mass is 10.1. The molecule has 3 aromatic rings. The van der Waals surface area contributed by atoms with Crippen LogP contribution in [-0.4, -0.2) is 30.9 Å². The van der Waals surface area contributed by atoms with Crippen molar-refractivity contribution >= 4 is 0 Å². The van der Waals surface area contributed by atoms with Crippen molar-refractivity contribution in [3.8, 4) is 22.9 Å². The SMILES string of the molecule is COc1ccc(CNCc2ccc(-n3ccnc3)cc2)c(OC)c1OC. The lowest BCUT2D eigenvalue weighted by Gasteiger charge is -2.16. The third-order valence-electron chi connectivity index (χ3n) is 4.17. The predicted octanol–water partition coefficient (Wildman–Crippen LogP) is 3.19. The molecule has 0 saturated carbocycles. The molecule has 1 aromatic heterocycles. The van der Waals surface area contributed by atoms with Gasteiger partial charge in [0.1, 0.15) is 0 Å². The quantitative estimate of drug-likeness (QED) is 0.674. The highest BCUT2D eigenvalue weighted by molar-refractivity contribution is 5.55. The summed E-state index contributed by atoms with van der Waals surface area (Å²) in [4.78, 5) is 4.07. The zero-order valence-corrected chi connectivity index (χ0v) is 15.2. The standard InChI is InChI=1S/C20H23N3O3/c1-24-18-9-6-16(19(25-2)20(18)26-3)13-22-12-15-4-7-17(8-5-15)23-11-10-21-14-23/h4-11,14,22H,12-13H2,1-3H3. The van der Waals surface area contributed by atoms with Crippen LogP contribution in [0.15, 0.2) is 55.1 Å². The highest BCUT2D eigenvalue weighted by Gasteiger charge is 2.15. The van der Waals surface area contributed by atoms with Crippen molar-refractivity contribution in [2.75, 3.05) is 21.3 Å². The maximum Gasteiger partial charge on any atom is 0.203 e. The Morgan fingerprint density at radius 2 is 1.65 bits per heavy atom. The number of nitrogens with one attached hydrogen (secondary N) is 1. The van der Waals surface area contributed by atoms with E-state index in [2.05, 4.69) is 34.6 Å². The lowest BCUT2D eigenvalue weighted by molar-refractivity contribution is 0.321. The largest absolute Gasteiger partial charge is 0.493 e. The molecule has 0 fully saturated rings. The van der Waals surface area contributed by atoms with Crippen LogP contribution in [0.25, 0.3) is 5.69 Å². The second kappa shape index (κ2) is 8.40. The van der Waals surface area contributed by atoms with Gasteiger partial charge in [0.15, 0.2) is 11.5 Å². The van der Waals surface area contributed by atoms with Crippen LogP contribution in [0.5, 0.6) is 17.2 Å². The van der Waals surface area contributed by atoms with Gasteiger partial charge in [-0.2, -0.15) is 0 Å². The summed E-state index contributed by atoms with van der Waals surface area (Å²) in [5.74, 6) is 1.96. The fourth-order valence-corrected chi connectivity index (χ4v) is 2.84. The number of methoxy groups -OCH3 is 3. The van der Waals surface area contributed by atoms with Crippen molar-refractivity contribution < 1.29 is 14.2 Å². The second-order valence-corrected chi connectivity index (χ2v) is 5.73. The van der Waals surface area contributed by atoms with Gasteiger partial charge in [-0.3, -0.25) is 0 Å². The summed E-state index contributed by atoms with van der Waals surface area (Å²) < 4.78 is 18.2. The van der Waals surface area contributed by atoms with Crippen LogP contribution in [0, 0.1) is 0 Å². The number of imidazole rings is 1. The Hall–Kier alpha value is -2.99. The maximum absolute atomic E-state index is 5.52. The zero-order valence-electron chi connectivity index (χ0n) is 15.2. The number of benzene rings is 2. The van der Waals surface area contributed by atoms with Gasteiger partial charge in [-0.15, -0.1) is 0 Å². The van der Waals surface area contributed by atoms with Gasteiger partial charge < -0.3 is 24.1 Å². The van der Waals surface area contributed by atoms with E-state index in [1.807, 2.05) is 22.9 Å². The molecule has 1 heterocycles. The summed E-state index contributed by atoms with van der Waals surface area (Å²) >= 11 is 0. The van der Waals surface area contributed by atoms with E-state index >= 15 is 0 Å². The lowest BCUT2D eigenvalue weighted by Crippen LogP contribution is -2.14. The molecule has 0 radical (unpaired) electrons. The normalized spacial score (nSPS) is 10.6. The first-order valence-electron chi connectivity index (χ1n) is 8.32. The van der Waals surface area contributed by atoms with Gasteiger partial charge in [-0.25, -0.2) is 4.98 Å². The Morgan fingerprint density at radius 3 is 2.27 bits per heavy atom. The molecule has 136 valence electrons. The fourth-order valence-electron chi connectivity index (χ4n) is 2.84. The predicted molar refractivity (Wildman–Crippen MR) is 100 cm³/mol. The maximum atomic E-state index is 5.52. The number of hydrogen-bond donors (Lipinski definition) is 1. The summed E-state index contributed by atoms with van der Waals surface area (Å²) in [7, 11) is 4.86. The Bertz CT molecular complexity index is 830. The number of aromatic nitrogens is 2. The molecule has 0 amide bonds. The van der Waals surface area contributed by atoms with E-state index in [9.17, 15) is 0 Å². The molecule has 0 aliphatic carbocycles. The highest BCUT2D eigenvalue weighted by Crippen LogP contribution is 2.39. The van der Waals surface area contributed by atoms with Gasteiger partial charge in [0.25, 0.3) is 0 Å². The summed E-state index contributed by atoms with van der Waals surface area (Å²) in [5, 5.41) is 3.44. The van der Waals surface area contributed by atoms with Crippen molar-refractivity contribution in [3.63, 3.8) is 0 Å². The third kappa shape index (κ3) is 3.81. The van der Waals surface area contributed by atoms with Crippen LogP contribution in [-0.2, 0) is 13.1 Å². The molecule has 6 heteroatoms. The zero-order chi connectivity index (χ0) is 18.4. The molecule has 1 N–H and O–H groups in total. The van der Waals surface area contributed by atoms with Crippen LogP contribution >= 0.6 is 0 Å². The second-order valence-electron chi connectivity index (χ2n) is 5.73. The molecule has 0 bridgehead atoms. The van der Waals surface area contributed by atoms with Crippen molar-refractivity contribution in [2.24, 2.45) is 0 Å². The molecule has 0 unspecified atom stereocenters. The van der Waals surface area contributed by atoms with Crippen molar-refractivity contribution in [2.45, 2.75) is 13.1 Å². The van der Waals surface area contributed by atoms with Crippen LogP contribution < -0.4 is 19.5 Å². The first kappa shape index (κ1) is 17.8. The van der Waals surface area contributed by atoms with Gasteiger partial charge >= 0.3 is 0 Å². The van der Waals surface area contributed by atoms with Crippen LogP contribution in [0.2, 0.25) is 0 Å². The summed E-state index contributed by atoms with van der Waals surface area (Å²) in [5.41, 5.74) is 3.31. The molecule has 0 spiro atoms. The molecule has 0 saturated heterocycles. The van der Waals surface area contributed by atoms with Crippen molar-refractivity contribution in [1.29, 1.82) is 0 Å². The number of ether oxygens (including phenoxy) is 3. The summed E-state index contributed by atoms with van der Waals surface area (Å²) in [6.45, 7) is 1.41. The Morgan fingerprint density at radius 1 is 0.885 bits per heavy atom. The summed E-state index contributed by atoms with van der Waals surface area (Å²) in [6.07, 6.45) is 5.49. The monoisotopic (exact) mass is 353 g/mol. The van der Waals surface area contributed by atoms with Crippen molar-refractivity contribution in [3.05, 3.63) is 66.2 Å². The van der Waals surface area contributed by atoms with E-state index in [-0.39, 0.29) is 0 Å². The van der Waals surface area contributed by atoms with E-state index in [4.69, 9.17) is 14.2 Å².